The van der Waals surface area contributed by atoms with Gasteiger partial charge < -0.3 is 10.4 Å². The summed E-state index contributed by atoms with van der Waals surface area (Å²) >= 11 is 12.1. The molecule has 1 aliphatic heterocycles. The first-order valence-corrected chi connectivity index (χ1v) is 13.9. The second kappa shape index (κ2) is 11.2. The van der Waals surface area contributed by atoms with Crippen molar-refractivity contribution in [2.24, 2.45) is 0 Å². The summed E-state index contributed by atoms with van der Waals surface area (Å²) in [5, 5.41) is 12.9. The summed E-state index contributed by atoms with van der Waals surface area (Å²) in [5.74, 6) is -1.37. The molecule has 1 unspecified atom stereocenters. The van der Waals surface area contributed by atoms with Crippen LogP contribution in [0.25, 0.3) is 0 Å². The van der Waals surface area contributed by atoms with E-state index in [-0.39, 0.29) is 53.2 Å². The molecule has 3 aromatic rings. The van der Waals surface area contributed by atoms with Gasteiger partial charge in [-0.15, -0.1) is 0 Å². The Morgan fingerprint density at radius 2 is 1.46 bits per heavy atom. The highest BCUT2D eigenvalue weighted by molar-refractivity contribution is 7.89. The lowest BCUT2D eigenvalue weighted by Gasteiger charge is -2.41. The zero-order chi connectivity index (χ0) is 26.6. The van der Waals surface area contributed by atoms with Crippen LogP contribution in [0.15, 0.2) is 83.8 Å². The first-order chi connectivity index (χ1) is 17.6. The average Bonchev–Trinajstić information content (AvgIpc) is 2.88. The second-order valence-corrected chi connectivity index (χ2v) is 11.8. The van der Waals surface area contributed by atoms with E-state index in [2.05, 4.69) is 5.32 Å². The number of hydrogen-bond acceptors (Lipinski definition) is 4. The molecule has 37 heavy (non-hydrogen) atoms. The van der Waals surface area contributed by atoms with Gasteiger partial charge in [-0.2, -0.15) is 4.31 Å². The summed E-state index contributed by atoms with van der Waals surface area (Å²) in [6.07, 6.45) is 0.145. The number of nitrogens with one attached hydrogen (secondary N) is 1. The van der Waals surface area contributed by atoms with E-state index in [1.54, 1.807) is 24.3 Å². The number of sulfonamides is 1. The summed E-state index contributed by atoms with van der Waals surface area (Å²) in [4.78, 5) is 25.5. The number of piperidine rings is 1. The normalized spacial score (nSPS) is 16.6. The Bertz CT molecular complexity index is 1360. The summed E-state index contributed by atoms with van der Waals surface area (Å²) in [6.45, 7) is 0.174. The number of hydrogen-bond donors (Lipinski definition) is 2. The smallest absolute Gasteiger partial charge is 0.305 e. The number of nitrogens with zero attached hydrogens (tertiary/aromatic N) is 1. The van der Waals surface area contributed by atoms with E-state index in [0.29, 0.717) is 5.56 Å². The molecule has 10 heteroatoms. The van der Waals surface area contributed by atoms with Crippen LogP contribution in [-0.2, 0) is 25.0 Å². The van der Waals surface area contributed by atoms with Crippen molar-refractivity contribution in [3.8, 4) is 0 Å². The third kappa shape index (κ3) is 5.99. The molecule has 3 aromatic carbocycles. The molecule has 0 radical (unpaired) electrons. The van der Waals surface area contributed by atoms with E-state index in [9.17, 15) is 23.1 Å². The monoisotopic (exact) mass is 560 g/mol. The van der Waals surface area contributed by atoms with Crippen LogP contribution in [0.2, 0.25) is 10.0 Å². The zero-order valence-corrected chi connectivity index (χ0v) is 22.1. The van der Waals surface area contributed by atoms with Gasteiger partial charge in [0.1, 0.15) is 0 Å². The lowest BCUT2D eigenvalue weighted by molar-refractivity contribution is -0.138. The lowest BCUT2D eigenvalue weighted by atomic mass is 9.72. The maximum Gasteiger partial charge on any atom is 0.305 e. The number of amides is 1. The van der Waals surface area contributed by atoms with Gasteiger partial charge in [0.05, 0.1) is 22.8 Å². The number of carboxylic acids is 1. The van der Waals surface area contributed by atoms with Crippen molar-refractivity contribution in [3.63, 3.8) is 0 Å². The number of benzene rings is 3. The maximum atomic E-state index is 13.9. The highest BCUT2D eigenvalue weighted by Crippen LogP contribution is 2.39. The largest absolute Gasteiger partial charge is 0.481 e. The van der Waals surface area contributed by atoms with Gasteiger partial charge in [-0.3, -0.25) is 9.59 Å². The third-order valence-corrected chi connectivity index (χ3v) is 9.01. The predicted molar refractivity (Wildman–Crippen MR) is 142 cm³/mol. The van der Waals surface area contributed by atoms with Gasteiger partial charge in [-0.1, -0.05) is 83.9 Å². The average molecular weight is 561 g/mol. The standard InChI is InChI=1S/C27H26Cl2N2O5S/c28-21-15-22(29)17-23(16-21)37(35,36)31-13-11-27(12-14-31,20-9-5-2-6-10-20)26(34)30-24(18-25(32)33)19-7-3-1-4-8-19/h1-10,15-17,24H,11-14,18H2,(H,30,34)(H,32,33). The number of halogens is 2. The Labute approximate surface area is 226 Å². The van der Waals surface area contributed by atoms with Crippen LogP contribution in [0.1, 0.15) is 36.4 Å². The first kappa shape index (κ1) is 27.1. The molecule has 1 saturated heterocycles. The molecule has 1 atom stereocenters. The minimum atomic E-state index is -3.89. The molecule has 1 fully saturated rings. The van der Waals surface area contributed by atoms with Gasteiger partial charge in [0.25, 0.3) is 0 Å². The highest BCUT2D eigenvalue weighted by Gasteiger charge is 2.46. The second-order valence-electron chi connectivity index (χ2n) is 8.99. The molecule has 1 aliphatic rings. The van der Waals surface area contributed by atoms with Crippen LogP contribution in [0, 0.1) is 0 Å². The minimum Gasteiger partial charge on any atom is -0.481 e. The zero-order valence-electron chi connectivity index (χ0n) is 19.8. The molecule has 0 spiro atoms. The van der Waals surface area contributed by atoms with Crippen molar-refractivity contribution >= 4 is 45.1 Å². The summed E-state index contributed by atoms with van der Waals surface area (Å²) in [7, 11) is -3.89. The van der Waals surface area contributed by atoms with Crippen LogP contribution in [0.5, 0.6) is 0 Å². The van der Waals surface area contributed by atoms with E-state index in [1.165, 1.54) is 22.5 Å². The highest BCUT2D eigenvalue weighted by atomic mass is 35.5. The molecule has 1 heterocycles. The van der Waals surface area contributed by atoms with E-state index in [4.69, 9.17) is 23.2 Å². The fourth-order valence-electron chi connectivity index (χ4n) is 4.75. The van der Waals surface area contributed by atoms with Crippen molar-refractivity contribution in [3.05, 3.63) is 100 Å². The SMILES string of the molecule is O=C(O)CC(NC(=O)C1(c2ccccc2)CCN(S(=O)(=O)c2cc(Cl)cc(Cl)c2)CC1)c1ccccc1. The van der Waals surface area contributed by atoms with Crippen LogP contribution >= 0.6 is 23.2 Å². The number of carbonyl (C=O) groups excluding carboxylic acids is 1. The molecule has 7 nitrogen and oxygen atoms in total. The molecule has 0 aliphatic carbocycles. The van der Waals surface area contributed by atoms with Crippen molar-refractivity contribution < 1.29 is 23.1 Å². The summed E-state index contributed by atoms with van der Waals surface area (Å²) < 4.78 is 28.0. The summed E-state index contributed by atoms with van der Waals surface area (Å²) in [6, 6.07) is 21.5. The van der Waals surface area contributed by atoms with Crippen LogP contribution in [-0.4, -0.2) is 42.8 Å². The van der Waals surface area contributed by atoms with Crippen molar-refractivity contribution in [2.45, 2.75) is 35.6 Å². The van der Waals surface area contributed by atoms with Gasteiger partial charge in [0, 0.05) is 23.1 Å². The molecular formula is C27H26Cl2N2O5S. The molecule has 4 rings (SSSR count). The van der Waals surface area contributed by atoms with E-state index >= 15 is 0 Å². The molecule has 0 saturated carbocycles. The number of rotatable bonds is 8. The Balaban J connectivity index is 1.63. The third-order valence-electron chi connectivity index (χ3n) is 6.70. The fraction of sp³-hybridized carbons (Fsp3) is 0.259. The van der Waals surface area contributed by atoms with Gasteiger partial charge in [-0.25, -0.2) is 8.42 Å². The molecule has 194 valence electrons. The van der Waals surface area contributed by atoms with Crippen molar-refractivity contribution in [1.82, 2.24) is 9.62 Å². The lowest BCUT2D eigenvalue weighted by Crippen LogP contribution is -2.53. The Morgan fingerprint density at radius 1 is 0.919 bits per heavy atom. The number of carboxylic acid groups (broad SMARTS) is 1. The van der Waals surface area contributed by atoms with Crippen molar-refractivity contribution in [1.29, 1.82) is 0 Å². The number of carbonyl (C=O) groups is 2. The molecule has 2 N–H and O–H groups in total. The van der Waals surface area contributed by atoms with Crippen molar-refractivity contribution in [2.75, 3.05) is 13.1 Å². The van der Waals surface area contributed by atoms with E-state index in [1.807, 2.05) is 36.4 Å². The quantitative estimate of drug-likeness (QED) is 0.401. The van der Waals surface area contributed by atoms with Gasteiger partial charge in [0.2, 0.25) is 15.9 Å². The Hall–Kier alpha value is -2.91. The maximum absolute atomic E-state index is 13.9. The Morgan fingerprint density at radius 3 is 2.00 bits per heavy atom. The van der Waals surface area contributed by atoms with Gasteiger partial charge in [0.15, 0.2) is 0 Å². The summed E-state index contributed by atoms with van der Waals surface area (Å²) in [5.41, 5.74) is 0.391. The van der Waals surface area contributed by atoms with Crippen LogP contribution in [0.4, 0.5) is 0 Å². The molecule has 0 bridgehead atoms. The molecule has 0 aromatic heterocycles. The number of aliphatic carboxylic acids is 1. The topological polar surface area (TPSA) is 104 Å². The van der Waals surface area contributed by atoms with Gasteiger partial charge >= 0.3 is 5.97 Å². The van der Waals surface area contributed by atoms with Crippen LogP contribution in [0.3, 0.4) is 0 Å². The predicted octanol–water partition coefficient (Wildman–Crippen LogP) is 5.05. The minimum absolute atomic E-state index is 0.00716. The fourth-order valence-corrected chi connectivity index (χ4v) is 6.92. The Kier molecular flexibility index (Phi) is 8.23. The van der Waals surface area contributed by atoms with Gasteiger partial charge in [-0.05, 0) is 42.2 Å². The molecule has 1 amide bonds. The molecular weight excluding hydrogens is 535 g/mol. The van der Waals surface area contributed by atoms with Crippen LogP contribution < -0.4 is 5.32 Å². The van der Waals surface area contributed by atoms with E-state index in [0.717, 1.165) is 5.56 Å². The van der Waals surface area contributed by atoms with E-state index < -0.39 is 27.4 Å². The first-order valence-electron chi connectivity index (χ1n) is 11.7.